The molecule has 0 saturated heterocycles. The fraction of sp³-hybridized carbons (Fsp3) is 0.524. The van der Waals surface area contributed by atoms with Crippen LogP contribution in [0.25, 0.3) is 10.9 Å². The Labute approximate surface area is 180 Å². The molecule has 1 aromatic heterocycles. The third-order valence-electron chi connectivity index (χ3n) is 4.74. The summed E-state index contributed by atoms with van der Waals surface area (Å²) in [5.74, 6) is -2.68. The number of nitrogens with one attached hydrogen (secondary N) is 1. The maximum absolute atomic E-state index is 13.0. The van der Waals surface area contributed by atoms with E-state index in [1.54, 1.807) is 0 Å². The number of nitrogens with zero attached hydrogens (tertiary/aromatic N) is 3. The number of halogens is 3. The normalized spacial score (nSPS) is 11.6. The van der Waals surface area contributed by atoms with E-state index in [1.807, 2.05) is 39.2 Å². The molecule has 0 spiro atoms. The number of alkyl halides is 3. The SMILES string of the molecule is Cc1ccc2[nH]c(C(=O)N(CCN(C)C)CCN(C)C)cc2c1C.O=C(O)C(F)(F)F. The minimum Gasteiger partial charge on any atom is -0.475 e. The lowest BCUT2D eigenvalue weighted by molar-refractivity contribution is -0.192. The van der Waals surface area contributed by atoms with Crippen molar-refractivity contribution in [3.05, 3.63) is 35.0 Å². The summed E-state index contributed by atoms with van der Waals surface area (Å²) in [6.07, 6.45) is -5.08. The first-order valence-corrected chi connectivity index (χ1v) is 9.71. The summed E-state index contributed by atoms with van der Waals surface area (Å²) in [5, 5.41) is 8.26. The minimum absolute atomic E-state index is 0.0759. The topological polar surface area (TPSA) is 79.9 Å². The van der Waals surface area contributed by atoms with Crippen LogP contribution in [-0.2, 0) is 4.79 Å². The van der Waals surface area contributed by atoms with Crippen LogP contribution in [0.15, 0.2) is 18.2 Å². The average Bonchev–Trinajstić information content (AvgIpc) is 3.09. The highest BCUT2D eigenvalue weighted by Gasteiger charge is 2.38. The van der Waals surface area contributed by atoms with Crippen molar-refractivity contribution in [2.24, 2.45) is 0 Å². The molecule has 0 aliphatic rings. The zero-order chi connectivity index (χ0) is 23.9. The van der Waals surface area contributed by atoms with Crippen molar-refractivity contribution in [3.63, 3.8) is 0 Å². The summed E-state index contributed by atoms with van der Waals surface area (Å²) in [5.41, 5.74) is 4.19. The Morgan fingerprint density at radius 2 is 1.45 bits per heavy atom. The van der Waals surface area contributed by atoms with E-state index in [2.05, 4.69) is 40.8 Å². The van der Waals surface area contributed by atoms with E-state index >= 15 is 0 Å². The fourth-order valence-electron chi connectivity index (χ4n) is 2.70. The Morgan fingerprint density at radius 1 is 0.968 bits per heavy atom. The number of H-pyrrole nitrogens is 1. The largest absolute Gasteiger partial charge is 0.490 e. The highest BCUT2D eigenvalue weighted by atomic mass is 19.4. The number of carboxylic acid groups (broad SMARTS) is 1. The van der Waals surface area contributed by atoms with Gasteiger partial charge in [0.05, 0.1) is 0 Å². The van der Waals surface area contributed by atoms with E-state index < -0.39 is 12.1 Å². The Hall–Kier alpha value is -2.59. The van der Waals surface area contributed by atoms with E-state index in [9.17, 15) is 18.0 Å². The number of benzene rings is 1. The molecular formula is C21H31F3N4O3. The second-order valence-electron chi connectivity index (χ2n) is 7.85. The molecule has 0 radical (unpaired) electrons. The smallest absolute Gasteiger partial charge is 0.475 e. The Balaban J connectivity index is 0.000000592. The molecule has 174 valence electrons. The van der Waals surface area contributed by atoms with Gasteiger partial charge < -0.3 is 24.8 Å². The first kappa shape index (κ1) is 26.4. The number of carbonyl (C=O) groups excluding carboxylic acids is 1. The van der Waals surface area contributed by atoms with Crippen LogP contribution >= 0.6 is 0 Å². The van der Waals surface area contributed by atoms with Crippen LogP contribution in [0.3, 0.4) is 0 Å². The number of amides is 1. The number of likely N-dealkylation sites (N-methyl/N-ethyl adjacent to an activating group) is 2. The first-order chi connectivity index (χ1) is 14.2. The summed E-state index contributed by atoms with van der Waals surface area (Å²) < 4.78 is 31.7. The number of hydrogen-bond donors (Lipinski definition) is 2. The maximum Gasteiger partial charge on any atom is 0.490 e. The lowest BCUT2D eigenvalue weighted by atomic mass is 10.1. The molecule has 0 bridgehead atoms. The average molecular weight is 444 g/mol. The number of carbonyl (C=O) groups is 2. The molecule has 1 heterocycles. The standard InChI is InChI=1S/C19H30N4O.C2HF3O2/c1-14-7-8-17-16(15(14)2)13-18(20-17)19(24)23(11-9-21(3)4)12-10-22(5)6;3-2(4,5)1(6)7/h7-8,13,20H,9-12H2,1-6H3;(H,6,7). The minimum atomic E-state index is -5.08. The van der Waals surface area contributed by atoms with Crippen LogP contribution in [-0.4, -0.2) is 97.2 Å². The van der Waals surface area contributed by atoms with Crippen LogP contribution in [0.1, 0.15) is 21.6 Å². The summed E-state index contributed by atoms with van der Waals surface area (Å²) >= 11 is 0. The molecule has 10 heteroatoms. The molecule has 2 aromatic rings. The molecule has 31 heavy (non-hydrogen) atoms. The molecule has 2 rings (SSSR count). The second kappa shape index (κ2) is 11.1. The van der Waals surface area contributed by atoms with Gasteiger partial charge in [-0.25, -0.2) is 4.79 Å². The number of fused-ring (bicyclic) bond motifs is 1. The number of aryl methyl sites for hydroxylation is 2. The van der Waals surface area contributed by atoms with Crippen molar-refractivity contribution in [2.45, 2.75) is 20.0 Å². The predicted octanol–water partition coefficient (Wildman–Crippen LogP) is 2.98. The fourth-order valence-corrected chi connectivity index (χ4v) is 2.70. The molecule has 0 atom stereocenters. The van der Waals surface area contributed by atoms with Gasteiger partial charge >= 0.3 is 12.1 Å². The molecule has 2 N–H and O–H groups in total. The summed E-state index contributed by atoms with van der Waals surface area (Å²) in [4.78, 5) is 31.3. The van der Waals surface area contributed by atoms with Gasteiger partial charge in [-0.2, -0.15) is 13.2 Å². The molecule has 1 aromatic carbocycles. The van der Waals surface area contributed by atoms with E-state index in [0.717, 1.165) is 37.1 Å². The van der Waals surface area contributed by atoms with Crippen LogP contribution < -0.4 is 0 Å². The van der Waals surface area contributed by atoms with Crippen molar-refractivity contribution in [3.8, 4) is 0 Å². The van der Waals surface area contributed by atoms with Gasteiger partial charge in [0.25, 0.3) is 5.91 Å². The summed E-state index contributed by atoms with van der Waals surface area (Å²) in [6, 6.07) is 6.15. The van der Waals surface area contributed by atoms with Crippen molar-refractivity contribution >= 4 is 22.8 Å². The quantitative estimate of drug-likeness (QED) is 0.687. The van der Waals surface area contributed by atoms with E-state index in [4.69, 9.17) is 9.90 Å². The number of aliphatic carboxylic acids is 1. The van der Waals surface area contributed by atoms with Crippen LogP contribution in [0.5, 0.6) is 0 Å². The van der Waals surface area contributed by atoms with Crippen LogP contribution in [0, 0.1) is 13.8 Å². The second-order valence-corrected chi connectivity index (χ2v) is 7.85. The van der Waals surface area contributed by atoms with Gasteiger partial charge in [0, 0.05) is 37.1 Å². The monoisotopic (exact) mass is 444 g/mol. The summed E-state index contributed by atoms with van der Waals surface area (Å²) in [6.45, 7) is 7.38. The van der Waals surface area contributed by atoms with Crippen molar-refractivity contribution in [2.75, 3.05) is 54.4 Å². The highest BCUT2D eigenvalue weighted by molar-refractivity contribution is 5.99. The zero-order valence-corrected chi connectivity index (χ0v) is 18.8. The molecule has 7 nitrogen and oxygen atoms in total. The van der Waals surface area contributed by atoms with Gasteiger partial charge in [0.2, 0.25) is 0 Å². The van der Waals surface area contributed by atoms with Gasteiger partial charge in [-0.3, -0.25) is 4.79 Å². The zero-order valence-electron chi connectivity index (χ0n) is 18.8. The van der Waals surface area contributed by atoms with Gasteiger partial charge in [-0.1, -0.05) is 6.07 Å². The number of aromatic amines is 1. The lowest BCUT2D eigenvalue weighted by Crippen LogP contribution is -2.40. The van der Waals surface area contributed by atoms with E-state index in [1.165, 1.54) is 11.1 Å². The van der Waals surface area contributed by atoms with Crippen molar-refractivity contribution in [1.29, 1.82) is 0 Å². The Bertz CT molecular complexity index is 880. The maximum atomic E-state index is 13.0. The third-order valence-corrected chi connectivity index (χ3v) is 4.74. The molecular weight excluding hydrogens is 413 g/mol. The van der Waals surface area contributed by atoms with Gasteiger partial charge in [0.15, 0.2) is 0 Å². The molecule has 1 amide bonds. The van der Waals surface area contributed by atoms with Gasteiger partial charge in [0.1, 0.15) is 5.69 Å². The van der Waals surface area contributed by atoms with Gasteiger partial charge in [-0.15, -0.1) is 0 Å². The molecule has 0 saturated carbocycles. The highest BCUT2D eigenvalue weighted by Crippen LogP contribution is 2.23. The molecule has 0 aliphatic carbocycles. The molecule has 0 aliphatic heterocycles. The van der Waals surface area contributed by atoms with Crippen molar-refractivity contribution in [1.82, 2.24) is 19.7 Å². The summed E-state index contributed by atoms with van der Waals surface area (Å²) in [7, 11) is 8.13. The van der Waals surface area contributed by atoms with E-state index in [0.29, 0.717) is 5.69 Å². The molecule has 0 fully saturated rings. The third kappa shape index (κ3) is 8.22. The van der Waals surface area contributed by atoms with Crippen LogP contribution in [0.4, 0.5) is 13.2 Å². The number of carboxylic acids is 1. The van der Waals surface area contributed by atoms with Crippen LogP contribution in [0.2, 0.25) is 0 Å². The first-order valence-electron chi connectivity index (χ1n) is 9.71. The lowest BCUT2D eigenvalue weighted by Gasteiger charge is -2.25. The molecule has 0 unspecified atom stereocenters. The Morgan fingerprint density at radius 3 is 1.87 bits per heavy atom. The predicted molar refractivity (Wildman–Crippen MR) is 114 cm³/mol. The van der Waals surface area contributed by atoms with Gasteiger partial charge in [-0.05, 0) is 65.3 Å². The van der Waals surface area contributed by atoms with E-state index in [-0.39, 0.29) is 5.91 Å². The number of aromatic nitrogens is 1. The number of rotatable bonds is 7. The van der Waals surface area contributed by atoms with Crippen molar-refractivity contribution < 1.29 is 27.9 Å². The Kier molecular flexibility index (Phi) is 9.51. The number of hydrogen-bond acceptors (Lipinski definition) is 4.